The van der Waals surface area contributed by atoms with E-state index in [0.717, 1.165) is 22.9 Å². The van der Waals surface area contributed by atoms with Crippen LogP contribution in [-0.2, 0) is 4.74 Å². The van der Waals surface area contributed by atoms with Crippen molar-refractivity contribution in [2.75, 3.05) is 13.2 Å². The highest BCUT2D eigenvalue weighted by atomic mass is 32.2. The minimum atomic E-state index is -0.473. The van der Waals surface area contributed by atoms with Gasteiger partial charge in [0, 0.05) is 35.9 Å². The zero-order valence-corrected chi connectivity index (χ0v) is 15.2. The smallest absolute Gasteiger partial charge is 0.284 e. The number of carbonyl (C=O) groups is 1. The fourth-order valence-electron chi connectivity index (χ4n) is 2.47. The fraction of sp³-hybridized carbons (Fsp3) is 0.375. The normalized spacial score (nSPS) is 16.8. The van der Waals surface area contributed by atoms with Gasteiger partial charge in [0.05, 0.1) is 15.9 Å². The SMILES string of the molecule is Cc1csc(Sc2ccc(C(=O)NCC3CCCO3)cc2[N+](=O)[O-])n1. The third-order valence-electron chi connectivity index (χ3n) is 3.73. The van der Waals surface area contributed by atoms with Crippen molar-refractivity contribution >= 4 is 34.7 Å². The number of aryl methyl sites for hydroxylation is 1. The van der Waals surface area contributed by atoms with Gasteiger partial charge in [0.25, 0.3) is 11.6 Å². The second kappa shape index (κ2) is 7.94. The summed E-state index contributed by atoms with van der Waals surface area (Å²) < 4.78 is 6.19. The molecule has 0 bridgehead atoms. The number of benzene rings is 1. The van der Waals surface area contributed by atoms with Gasteiger partial charge in [-0.05, 0) is 31.9 Å². The highest BCUT2D eigenvalue weighted by Gasteiger charge is 2.21. The minimum absolute atomic E-state index is 0.0295. The standard InChI is InChI=1S/C16H17N3O4S2/c1-10-9-24-16(18-10)25-14-5-4-11(7-13(14)19(21)22)15(20)17-8-12-3-2-6-23-12/h4-5,7,9,12H,2-3,6,8H2,1H3,(H,17,20). The average Bonchev–Trinajstić information content (AvgIpc) is 3.24. The Hall–Kier alpha value is -1.97. The van der Waals surface area contributed by atoms with E-state index in [1.54, 1.807) is 12.1 Å². The lowest BCUT2D eigenvalue weighted by Gasteiger charge is -2.11. The van der Waals surface area contributed by atoms with Gasteiger partial charge in [-0.1, -0.05) is 11.8 Å². The predicted molar refractivity (Wildman–Crippen MR) is 95.4 cm³/mol. The number of nitro benzene ring substituents is 1. The number of nitro groups is 1. The van der Waals surface area contributed by atoms with E-state index in [-0.39, 0.29) is 23.3 Å². The van der Waals surface area contributed by atoms with Crippen molar-refractivity contribution in [2.24, 2.45) is 0 Å². The minimum Gasteiger partial charge on any atom is -0.376 e. The van der Waals surface area contributed by atoms with Crippen molar-refractivity contribution in [2.45, 2.75) is 35.1 Å². The molecule has 1 fully saturated rings. The van der Waals surface area contributed by atoms with Crippen molar-refractivity contribution in [3.63, 3.8) is 0 Å². The quantitative estimate of drug-likeness (QED) is 0.610. The van der Waals surface area contributed by atoms with Crippen LogP contribution in [0.2, 0.25) is 0 Å². The number of aromatic nitrogens is 1. The summed E-state index contributed by atoms with van der Waals surface area (Å²) in [6, 6.07) is 4.51. The highest BCUT2D eigenvalue weighted by molar-refractivity contribution is 8.01. The van der Waals surface area contributed by atoms with E-state index in [2.05, 4.69) is 10.3 Å². The monoisotopic (exact) mass is 379 g/mol. The topological polar surface area (TPSA) is 94.4 Å². The number of rotatable bonds is 6. The Kier molecular flexibility index (Phi) is 5.67. The second-order valence-corrected chi connectivity index (χ2v) is 7.79. The lowest BCUT2D eigenvalue weighted by molar-refractivity contribution is -0.387. The first-order chi connectivity index (χ1) is 12.0. The molecule has 25 heavy (non-hydrogen) atoms. The molecule has 1 aromatic heterocycles. The number of nitrogens with one attached hydrogen (secondary N) is 1. The van der Waals surface area contributed by atoms with E-state index in [1.807, 2.05) is 12.3 Å². The number of hydrogen-bond acceptors (Lipinski definition) is 7. The largest absolute Gasteiger partial charge is 0.376 e. The second-order valence-electron chi connectivity index (χ2n) is 5.64. The molecule has 2 aromatic rings. The van der Waals surface area contributed by atoms with Crippen molar-refractivity contribution in [3.05, 3.63) is 45.0 Å². The number of hydrogen-bond donors (Lipinski definition) is 1. The summed E-state index contributed by atoms with van der Waals surface area (Å²) in [5, 5.41) is 16.0. The van der Waals surface area contributed by atoms with Crippen LogP contribution < -0.4 is 5.32 Å². The van der Waals surface area contributed by atoms with Gasteiger partial charge >= 0.3 is 0 Å². The predicted octanol–water partition coefficient (Wildman–Crippen LogP) is 3.42. The molecule has 1 aliphatic heterocycles. The molecule has 1 atom stereocenters. The van der Waals surface area contributed by atoms with Crippen LogP contribution >= 0.6 is 23.1 Å². The van der Waals surface area contributed by atoms with E-state index in [9.17, 15) is 14.9 Å². The number of thiazole rings is 1. The van der Waals surface area contributed by atoms with E-state index < -0.39 is 4.92 Å². The Morgan fingerprint density at radius 3 is 3.04 bits per heavy atom. The van der Waals surface area contributed by atoms with E-state index >= 15 is 0 Å². The maximum atomic E-state index is 12.2. The summed E-state index contributed by atoms with van der Waals surface area (Å²) in [6.07, 6.45) is 1.94. The highest BCUT2D eigenvalue weighted by Crippen LogP contribution is 2.36. The molecule has 1 saturated heterocycles. The van der Waals surface area contributed by atoms with Crippen molar-refractivity contribution in [1.82, 2.24) is 10.3 Å². The third-order valence-corrected chi connectivity index (χ3v) is 5.85. The molecule has 1 N–H and O–H groups in total. The Morgan fingerprint density at radius 2 is 2.40 bits per heavy atom. The van der Waals surface area contributed by atoms with Gasteiger partial charge in [0.1, 0.15) is 0 Å². The fourth-order valence-corrected chi connectivity index (χ4v) is 4.35. The molecule has 1 amide bonds. The molecule has 9 heteroatoms. The first-order valence-electron chi connectivity index (χ1n) is 7.81. The lowest BCUT2D eigenvalue weighted by Crippen LogP contribution is -2.31. The summed E-state index contributed by atoms with van der Waals surface area (Å²) in [6.45, 7) is 3.01. The maximum Gasteiger partial charge on any atom is 0.284 e. The molecule has 1 aromatic carbocycles. The molecule has 1 unspecified atom stereocenters. The Morgan fingerprint density at radius 1 is 1.56 bits per heavy atom. The molecular formula is C16H17N3O4S2. The van der Waals surface area contributed by atoms with Gasteiger partial charge in [-0.2, -0.15) is 0 Å². The van der Waals surface area contributed by atoms with E-state index in [4.69, 9.17) is 4.74 Å². The Balaban J connectivity index is 1.73. The number of amides is 1. The van der Waals surface area contributed by atoms with Gasteiger partial charge in [-0.15, -0.1) is 11.3 Å². The summed E-state index contributed by atoms with van der Waals surface area (Å²) >= 11 is 2.67. The molecule has 0 spiro atoms. The van der Waals surface area contributed by atoms with Gasteiger partial charge in [-0.3, -0.25) is 14.9 Å². The third kappa shape index (κ3) is 4.56. The van der Waals surface area contributed by atoms with Crippen LogP contribution in [0.1, 0.15) is 28.9 Å². The summed E-state index contributed by atoms with van der Waals surface area (Å²) in [5.74, 6) is -0.333. The molecule has 0 radical (unpaired) electrons. The average molecular weight is 379 g/mol. The molecule has 3 rings (SSSR count). The zero-order chi connectivity index (χ0) is 17.8. The van der Waals surface area contributed by atoms with Crippen molar-refractivity contribution < 1.29 is 14.5 Å². The Bertz CT molecular complexity index is 787. The summed E-state index contributed by atoms with van der Waals surface area (Å²) in [4.78, 5) is 27.9. The van der Waals surface area contributed by atoms with E-state index in [1.165, 1.54) is 29.2 Å². The first kappa shape index (κ1) is 17.8. The van der Waals surface area contributed by atoms with Crippen LogP contribution in [0.25, 0.3) is 0 Å². The first-order valence-corrected chi connectivity index (χ1v) is 9.51. The number of ether oxygens (including phenoxy) is 1. The van der Waals surface area contributed by atoms with Crippen LogP contribution in [0.5, 0.6) is 0 Å². The molecule has 0 aliphatic carbocycles. The van der Waals surface area contributed by atoms with Crippen LogP contribution in [0.15, 0.2) is 32.8 Å². The van der Waals surface area contributed by atoms with Gasteiger partial charge in [0.15, 0.2) is 4.34 Å². The molecule has 132 valence electrons. The summed E-state index contributed by atoms with van der Waals surface area (Å²) in [5.41, 5.74) is 1.05. The molecule has 0 saturated carbocycles. The number of nitrogens with zero attached hydrogens (tertiary/aromatic N) is 2. The van der Waals surface area contributed by atoms with Crippen LogP contribution in [0, 0.1) is 17.0 Å². The molecule has 7 nitrogen and oxygen atoms in total. The molecule has 1 aliphatic rings. The van der Waals surface area contributed by atoms with Crippen LogP contribution in [0.3, 0.4) is 0 Å². The molecule has 2 heterocycles. The maximum absolute atomic E-state index is 12.2. The van der Waals surface area contributed by atoms with Gasteiger partial charge in [0.2, 0.25) is 0 Å². The van der Waals surface area contributed by atoms with Crippen LogP contribution in [-0.4, -0.2) is 35.1 Å². The molecular weight excluding hydrogens is 362 g/mol. The van der Waals surface area contributed by atoms with Crippen molar-refractivity contribution in [1.29, 1.82) is 0 Å². The van der Waals surface area contributed by atoms with Gasteiger partial charge in [-0.25, -0.2) is 4.98 Å². The summed E-state index contributed by atoms with van der Waals surface area (Å²) in [7, 11) is 0. The van der Waals surface area contributed by atoms with E-state index in [0.29, 0.717) is 18.0 Å². The van der Waals surface area contributed by atoms with Crippen molar-refractivity contribution in [3.8, 4) is 0 Å². The Labute approximate surface area is 152 Å². The number of carbonyl (C=O) groups excluding carboxylic acids is 1. The lowest BCUT2D eigenvalue weighted by atomic mass is 10.2. The van der Waals surface area contributed by atoms with Crippen LogP contribution in [0.4, 0.5) is 5.69 Å². The van der Waals surface area contributed by atoms with Gasteiger partial charge < -0.3 is 10.1 Å². The zero-order valence-electron chi connectivity index (χ0n) is 13.6.